The highest BCUT2D eigenvalue weighted by Crippen LogP contribution is 2.22. The van der Waals surface area contributed by atoms with Crippen LogP contribution < -0.4 is 0 Å². The lowest BCUT2D eigenvalue weighted by molar-refractivity contribution is 0.647. The Hall–Kier alpha value is -1.27. The molecule has 0 saturated heterocycles. The van der Waals surface area contributed by atoms with Gasteiger partial charge in [-0.05, 0) is 41.5 Å². The SMILES string of the molecule is CC(C)Cc1ccc(Cc2ccccc2)c(Cl)c1. The highest BCUT2D eigenvalue weighted by atomic mass is 35.5. The van der Waals surface area contributed by atoms with Gasteiger partial charge in [-0.3, -0.25) is 0 Å². The van der Waals surface area contributed by atoms with Gasteiger partial charge in [0.15, 0.2) is 0 Å². The van der Waals surface area contributed by atoms with Crippen molar-refractivity contribution in [2.24, 2.45) is 5.92 Å². The quantitative estimate of drug-likeness (QED) is 0.713. The number of rotatable bonds is 4. The van der Waals surface area contributed by atoms with Crippen molar-refractivity contribution < 1.29 is 0 Å². The summed E-state index contributed by atoms with van der Waals surface area (Å²) in [5.74, 6) is 0.668. The minimum atomic E-state index is 0.668. The van der Waals surface area contributed by atoms with Gasteiger partial charge in [0.1, 0.15) is 0 Å². The van der Waals surface area contributed by atoms with Crippen LogP contribution in [-0.2, 0) is 12.8 Å². The summed E-state index contributed by atoms with van der Waals surface area (Å²) >= 11 is 6.36. The molecule has 0 N–H and O–H groups in total. The first-order valence-electron chi connectivity index (χ1n) is 6.46. The van der Waals surface area contributed by atoms with Crippen LogP contribution >= 0.6 is 11.6 Å². The summed E-state index contributed by atoms with van der Waals surface area (Å²) in [5.41, 5.74) is 3.83. The average Bonchev–Trinajstić information content (AvgIpc) is 2.33. The van der Waals surface area contributed by atoms with Gasteiger partial charge < -0.3 is 0 Å². The number of hydrogen-bond acceptors (Lipinski definition) is 0. The second kappa shape index (κ2) is 6.06. The fourth-order valence-corrected chi connectivity index (χ4v) is 2.42. The van der Waals surface area contributed by atoms with Crippen LogP contribution in [0.2, 0.25) is 5.02 Å². The maximum atomic E-state index is 6.36. The molecule has 0 aliphatic heterocycles. The molecule has 0 spiro atoms. The molecular formula is C17H19Cl. The van der Waals surface area contributed by atoms with Gasteiger partial charge in [-0.1, -0.05) is 67.9 Å². The monoisotopic (exact) mass is 258 g/mol. The first-order chi connectivity index (χ1) is 8.65. The molecule has 0 heterocycles. The van der Waals surface area contributed by atoms with Crippen LogP contribution in [0.3, 0.4) is 0 Å². The lowest BCUT2D eigenvalue weighted by Gasteiger charge is -2.09. The minimum absolute atomic E-state index is 0.668. The Balaban J connectivity index is 2.15. The molecule has 0 nitrogen and oxygen atoms in total. The zero-order valence-electron chi connectivity index (χ0n) is 11.0. The van der Waals surface area contributed by atoms with E-state index in [0.717, 1.165) is 17.9 Å². The summed E-state index contributed by atoms with van der Waals surface area (Å²) in [5, 5.41) is 0.886. The predicted molar refractivity (Wildman–Crippen MR) is 79.2 cm³/mol. The number of hydrogen-bond donors (Lipinski definition) is 0. The molecule has 0 aromatic heterocycles. The molecule has 0 unspecified atom stereocenters. The fraction of sp³-hybridized carbons (Fsp3) is 0.294. The van der Waals surface area contributed by atoms with Crippen molar-refractivity contribution >= 4 is 11.6 Å². The Kier molecular flexibility index (Phi) is 4.43. The molecule has 94 valence electrons. The Morgan fingerprint density at radius 3 is 2.28 bits per heavy atom. The average molecular weight is 259 g/mol. The van der Waals surface area contributed by atoms with Crippen LogP contribution in [0.4, 0.5) is 0 Å². The van der Waals surface area contributed by atoms with Gasteiger partial charge >= 0.3 is 0 Å². The zero-order valence-corrected chi connectivity index (χ0v) is 11.7. The van der Waals surface area contributed by atoms with E-state index in [1.54, 1.807) is 0 Å². The van der Waals surface area contributed by atoms with E-state index in [9.17, 15) is 0 Å². The lowest BCUT2D eigenvalue weighted by Crippen LogP contribution is -1.96. The van der Waals surface area contributed by atoms with E-state index >= 15 is 0 Å². The van der Waals surface area contributed by atoms with E-state index in [1.165, 1.54) is 16.7 Å². The van der Waals surface area contributed by atoms with Crippen molar-refractivity contribution in [1.29, 1.82) is 0 Å². The van der Waals surface area contributed by atoms with Crippen LogP contribution in [0, 0.1) is 5.92 Å². The highest BCUT2D eigenvalue weighted by molar-refractivity contribution is 6.31. The smallest absolute Gasteiger partial charge is 0.0444 e. The molecule has 2 aromatic rings. The fourth-order valence-electron chi connectivity index (χ4n) is 2.15. The Morgan fingerprint density at radius 1 is 0.944 bits per heavy atom. The van der Waals surface area contributed by atoms with Crippen LogP contribution in [0.25, 0.3) is 0 Å². The molecular weight excluding hydrogens is 240 g/mol. The van der Waals surface area contributed by atoms with Gasteiger partial charge in [-0.25, -0.2) is 0 Å². The lowest BCUT2D eigenvalue weighted by atomic mass is 9.99. The molecule has 0 radical (unpaired) electrons. The van der Waals surface area contributed by atoms with Crippen LogP contribution in [0.5, 0.6) is 0 Å². The van der Waals surface area contributed by atoms with E-state index in [-0.39, 0.29) is 0 Å². The maximum absolute atomic E-state index is 6.36. The van der Waals surface area contributed by atoms with Crippen molar-refractivity contribution in [2.75, 3.05) is 0 Å². The van der Waals surface area contributed by atoms with E-state index < -0.39 is 0 Å². The molecule has 0 fully saturated rings. The summed E-state index contributed by atoms with van der Waals surface area (Å²) in [6.45, 7) is 4.46. The van der Waals surface area contributed by atoms with Gasteiger partial charge in [0, 0.05) is 5.02 Å². The molecule has 18 heavy (non-hydrogen) atoms. The third-order valence-electron chi connectivity index (χ3n) is 3.00. The van der Waals surface area contributed by atoms with E-state index in [4.69, 9.17) is 11.6 Å². The van der Waals surface area contributed by atoms with E-state index in [0.29, 0.717) is 5.92 Å². The minimum Gasteiger partial charge on any atom is -0.0840 e. The summed E-state index contributed by atoms with van der Waals surface area (Å²) in [6, 6.07) is 16.9. The second-order valence-electron chi connectivity index (χ2n) is 5.19. The van der Waals surface area contributed by atoms with Gasteiger partial charge in [0.25, 0.3) is 0 Å². The van der Waals surface area contributed by atoms with E-state index in [1.807, 2.05) is 6.07 Å². The van der Waals surface area contributed by atoms with Crippen LogP contribution in [0.15, 0.2) is 48.5 Å². The number of halogens is 1. The molecule has 0 bridgehead atoms. The topological polar surface area (TPSA) is 0 Å². The largest absolute Gasteiger partial charge is 0.0840 e. The predicted octanol–water partition coefficient (Wildman–Crippen LogP) is 5.13. The Bertz CT molecular complexity index is 500. The molecule has 0 atom stereocenters. The van der Waals surface area contributed by atoms with Crippen molar-refractivity contribution in [3.63, 3.8) is 0 Å². The second-order valence-corrected chi connectivity index (χ2v) is 5.59. The Morgan fingerprint density at radius 2 is 1.67 bits per heavy atom. The van der Waals surface area contributed by atoms with Crippen LogP contribution in [0.1, 0.15) is 30.5 Å². The number of benzene rings is 2. The summed E-state index contributed by atoms with van der Waals surface area (Å²) < 4.78 is 0. The van der Waals surface area contributed by atoms with Gasteiger partial charge in [0.2, 0.25) is 0 Å². The molecule has 2 aromatic carbocycles. The molecule has 1 heteroatoms. The van der Waals surface area contributed by atoms with Crippen molar-refractivity contribution in [3.05, 3.63) is 70.2 Å². The summed E-state index contributed by atoms with van der Waals surface area (Å²) in [7, 11) is 0. The van der Waals surface area contributed by atoms with Crippen molar-refractivity contribution in [1.82, 2.24) is 0 Å². The normalized spacial score (nSPS) is 10.9. The molecule has 0 aliphatic carbocycles. The first kappa shape index (κ1) is 13.2. The van der Waals surface area contributed by atoms with E-state index in [2.05, 4.69) is 56.3 Å². The van der Waals surface area contributed by atoms with Crippen molar-refractivity contribution in [2.45, 2.75) is 26.7 Å². The molecule has 2 rings (SSSR count). The third-order valence-corrected chi connectivity index (χ3v) is 3.35. The van der Waals surface area contributed by atoms with Crippen molar-refractivity contribution in [3.8, 4) is 0 Å². The third kappa shape index (κ3) is 3.61. The highest BCUT2D eigenvalue weighted by Gasteiger charge is 2.04. The standard InChI is InChI=1S/C17H19Cl/c1-13(2)10-15-8-9-16(17(18)12-15)11-14-6-4-3-5-7-14/h3-9,12-13H,10-11H2,1-2H3. The van der Waals surface area contributed by atoms with Gasteiger partial charge in [-0.2, -0.15) is 0 Å². The van der Waals surface area contributed by atoms with Gasteiger partial charge in [-0.15, -0.1) is 0 Å². The van der Waals surface area contributed by atoms with Crippen LogP contribution in [-0.4, -0.2) is 0 Å². The molecule has 0 saturated carbocycles. The summed E-state index contributed by atoms with van der Waals surface area (Å²) in [6.07, 6.45) is 1.99. The van der Waals surface area contributed by atoms with Gasteiger partial charge in [0.05, 0.1) is 0 Å². The Labute approximate surface area is 115 Å². The molecule has 0 aliphatic rings. The first-order valence-corrected chi connectivity index (χ1v) is 6.84. The molecule has 0 amide bonds. The summed E-state index contributed by atoms with van der Waals surface area (Å²) in [4.78, 5) is 0. The zero-order chi connectivity index (χ0) is 13.0. The maximum Gasteiger partial charge on any atom is 0.0444 e.